The van der Waals surface area contributed by atoms with Crippen molar-refractivity contribution in [3.8, 4) is 0 Å². The standard InChI is InChI=1S/C12H12FN3O/c13-11-4-2-10(3-5-11)12(17)14-7-9-16-8-1-6-15-16/h1-6,8H,7,9H2,(H,14,17). The predicted molar refractivity (Wildman–Crippen MR) is 61.0 cm³/mol. The first kappa shape index (κ1) is 11.3. The van der Waals surface area contributed by atoms with E-state index in [1.807, 2.05) is 12.3 Å². The van der Waals surface area contributed by atoms with Gasteiger partial charge < -0.3 is 5.32 Å². The Hall–Kier alpha value is -2.17. The molecule has 0 saturated carbocycles. The molecule has 88 valence electrons. The van der Waals surface area contributed by atoms with Gasteiger partial charge in [-0.05, 0) is 30.3 Å². The molecule has 1 N–H and O–H groups in total. The van der Waals surface area contributed by atoms with E-state index in [1.165, 1.54) is 24.3 Å². The fourth-order valence-corrected chi connectivity index (χ4v) is 1.42. The summed E-state index contributed by atoms with van der Waals surface area (Å²) < 4.78 is 14.4. The lowest BCUT2D eigenvalue weighted by Crippen LogP contribution is -2.27. The molecule has 0 fully saturated rings. The van der Waals surface area contributed by atoms with Gasteiger partial charge in [0.2, 0.25) is 0 Å². The zero-order valence-corrected chi connectivity index (χ0v) is 9.14. The first-order chi connectivity index (χ1) is 8.25. The highest BCUT2D eigenvalue weighted by atomic mass is 19.1. The van der Waals surface area contributed by atoms with Gasteiger partial charge in [0.25, 0.3) is 5.91 Å². The number of aromatic nitrogens is 2. The first-order valence-corrected chi connectivity index (χ1v) is 5.27. The minimum absolute atomic E-state index is 0.211. The molecule has 0 radical (unpaired) electrons. The molecule has 0 saturated heterocycles. The molecule has 4 nitrogen and oxygen atoms in total. The maximum atomic E-state index is 12.6. The fraction of sp³-hybridized carbons (Fsp3) is 0.167. The molecule has 1 aromatic carbocycles. The molecule has 2 rings (SSSR count). The third-order valence-electron chi connectivity index (χ3n) is 2.29. The SMILES string of the molecule is O=C(NCCn1cccn1)c1ccc(F)cc1. The highest BCUT2D eigenvalue weighted by molar-refractivity contribution is 5.94. The number of benzene rings is 1. The first-order valence-electron chi connectivity index (χ1n) is 5.27. The molecule has 5 heteroatoms. The molecule has 1 heterocycles. The molecule has 1 amide bonds. The topological polar surface area (TPSA) is 46.9 Å². The highest BCUT2D eigenvalue weighted by Gasteiger charge is 2.04. The van der Waals surface area contributed by atoms with Gasteiger partial charge in [0, 0.05) is 24.5 Å². The molecule has 0 aliphatic heterocycles. The van der Waals surface area contributed by atoms with Crippen LogP contribution in [-0.2, 0) is 6.54 Å². The maximum absolute atomic E-state index is 12.6. The van der Waals surface area contributed by atoms with E-state index in [2.05, 4.69) is 10.4 Å². The van der Waals surface area contributed by atoms with Crippen LogP contribution in [-0.4, -0.2) is 22.2 Å². The van der Waals surface area contributed by atoms with Crippen LogP contribution in [0.3, 0.4) is 0 Å². The predicted octanol–water partition coefficient (Wildman–Crippen LogP) is 1.45. The van der Waals surface area contributed by atoms with Gasteiger partial charge in [-0.15, -0.1) is 0 Å². The van der Waals surface area contributed by atoms with Gasteiger partial charge in [0.05, 0.1) is 6.54 Å². The highest BCUT2D eigenvalue weighted by Crippen LogP contribution is 2.02. The lowest BCUT2D eigenvalue weighted by Gasteiger charge is -2.05. The van der Waals surface area contributed by atoms with Crippen LogP contribution in [0.15, 0.2) is 42.7 Å². The summed E-state index contributed by atoms with van der Waals surface area (Å²) in [6.07, 6.45) is 3.51. The van der Waals surface area contributed by atoms with E-state index in [-0.39, 0.29) is 11.7 Å². The Bertz CT molecular complexity index is 479. The Morgan fingerprint density at radius 3 is 2.76 bits per heavy atom. The van der Waals surface area contributed by atoms with E-state index in [4.69, 9.17) is 0 Å². The summed E-state index contributed by atoms with van der Waals surface area (Å²) in [5.41, 5.74) is 0.451. The normalized spacial score (nSPS) is 10.2. The van der Waals surface area contributed by atoms with Crippen molar-refractivity contribution < 1.29 is 9.18 Å². The summed E-state index contributed by atoms with van der Waals surface area (Å²) in [5.74, 6) is -0.560. The van der Waals surface area contributed by atoms with E-state index in [9.17, 15) is 9.18 Å². The molecule has 0 bridgehead atoms. The number of rotatable bonds is 4. The lowest BCUT2D eigenvalue weighted by molar-refractivity contribution is 0.0952. The zero-order valence-electron chi connectivity index (χ0n) is 9.14. The number of halogens is 1. The maximum Gasteiger partial charge on any atom is 0.251 e. The molecule has 0 atom stereocenters. The summed E-state index contributed by atoms with van der Waals surface area (Å²) >= 11 is 0. The van der Waals surface area contributed by atoms with Crippen molar-refractivity contribution in [3.63, 3.8) is 0 Å². The summed E-state index contributed by atoms with van der Waals surface area (Å²) in [6, 6.07) is 7.27. The third kappa shape index (κ3) is 3.14. The van der Waals surface area contributed by atoms with E-state index >= 15 is 0 Å². The second kappa shape index (κ2) is 5.25. The Balaban J connectivity index is 1.83. The van der Waals surface area contributed by atoms with Crippen LogP contribution in [0.4, 0.5) is 4.39 Å². The van der Waals surface area contributed by atoms with Crippen molar-refractivity contribution in [2.24, 2.45) is 0 Å². The largest absolute Gasteiger partial charge is 0.350 e. The quantitative estimate of drug-likeness (QED) is 0.868. The van der Waals surface area contributed by atoms with E-state index in [0.29, 0.717) is 18.7 Å². The summed E-state index contributed by atoms with van der Waals surface area (Å²) in [7, 11) is 0. The van der Waals surface area contributed by atoms with Crippen LogP contribution in [0.2, 0.25) is 0 Å². The van der Waals surface area contributed by atoms with Crippen molar-refractivity contribution in [1.82, 2.24) is 15.1 Å². The van der Waals surface area contributed by atoms with Gasteiger partial charge in [-0.25, -0.2) is 4.39 Å². The van der Waals surface area contributed by atoms with Crippen molar-refractivity contribution in [1.29, 1.82) is 0 Å². The van der Waals surface area contributed by atoms with Crippen molar-refractivity contribution >= 4 is 5.91 Å². The van der Waals surface area contributed by atoms with Gasteiger partial charge in [-0.2, -0.15) is 5.10 Å². The fourth-order valence-electron chi connectivity index (χ4n) is 1.42. The van der Waals surface area contributed by atoms with Crippen LogP contribution >= 0.6 is 0 Å². The third-order valence-corrected chi connectivity index (χ3v) is 2.29. The monoisotopic (exact) mass is 233 g/mol. The molecule has 0 unspecified atom stereocenters. The Morgan fingerprint density at radius 1 is 1.35 bits per heavy atom. The molecule has 2 aromatic rings. The second-order valence-electron chi connectivity index (χ2n) is 3.53. The smallest absolute Gasteiger partial charge is 0.251 e. The number of hydrogen-bond donors (Lipinski definition) is 1. The Labute approximate surface area is 98.1 Å². The van der Waals surface area contributed by atoms with Gasteiger partial charge in [-0.3, -0.25) is 9.48 Å². The molecule has 17 heavy (non-hydrogen) atoms. The zero-order chi connectivity index (χ0) is 12.1. The van der Waals surface area contributed by atoms with Crippen molar-refractivity contribution in [2.45, 2.75) is 6.54 Å². The average molecular weight is 233 g/mol. The summed E-state index contributed by atoms with van der Waals surface area (Å²) in [6.45, 7) is 1.10. The van der Waals surface area contributed by atoms with Gasteiger partial charge >= 0.3 is 0 Å². The lowest BCUT2D eigenvalue weighted by atomic mass is 10.2. The average Bonchev–Trinajstić information content (AvgIpc) is 2.83. The van der Waals surface area contributed by atoms with Crippen molar-refractivity contribution in [3.05, 3.63) is 54.1 Å². The van der Waals surface area contributed by atoms with E-state index < -0.39 is 0 Å². The number of hydrogen-bond acceptors (Lipinski definition) is 2. The number of carbonyl (C=O) groups is 1. The summed E-state index contributed by atoms with van der Waals surface area (Å²) in [4.78, 5) is 11.6. The van der Waals surface area contributed by atoms with E-state index in [0.717, 1.165) is 0 Å². The van der Waals surface area contributed by atoms with Gasteiger partial charge in [0.1, 0.15) is 5.82 Å². The molecule has 1 aromatic heterocycles. The van der Waals surface area contributed by atoms with Crippen LogP contribution in [0.5, 0.6) is 0 Å². The molecular weight excluding hydrogens is 221 g/mol. The van der Waals surface area contributed by atoms with Gasteiger partial charge in [0.15, 0.2) is 0 Å². The van der Waals surface area contributed by atoms with Crippen LogP contribution in [0, 0.1) is 5.82 Å². The Morgan fingerprint density at radius 2 is 2.12 bits per heavy atom. The van der Waals surface area contributed by atoms with Crippen LogP contribution < -0.4 is 5.32 Å². The molecule has 0 spiro atoms. The molecule has 0 aliphatic rings. The van der Waals surface area contributed by atoms with Crippen LogP contribution in [0.25, 0.3) is 0 Å². The molecule has 0 aliphatic carbocycles. The number of amides is 1. The second-order valence-corrected chi connectivity index (χ2v) is 3.53. The number of nitrogens with zero attached hydrogens (tertiary/aromatic N) is 2. The van der Waals surface area contributed by atoms with Crippen LogP contribution in [0.1, 0.15) is 10.4 Å². The number of carbonyl (C=O) groups excluding carboxylic acids is 1. The van der Waals surface area contributed by atoms with Gasteiger partial charge in [-0.1, -0.05) is 0 Å². The van der Waals surface area contributed by atoms with E-state index in [1.54, 1.807) is 10.9 Å². The van der Waals surface area contributed by atoms with Crippen molar-refractivity contribution in [2.75, 3.05) is 6.54 Å². The Kier molecular flexibility index (Phi) is 3.49. The molecular formula is C12H12FN3O. The number of nitrogens with one attached hydrogen (secondary N) is 1. The minimum Gasteiger partial charge on any atom is -0.350 e. The summed E-state index contributed by atoms with van der Waals surface area (Å²) in [5, 5.41) is 6.75. The minimum atomic E-state index is -0.349.